The highest BCUT2D eigenvalue weighted by atomic mass is 35.5. The van der Waals surface area contributed by atoms with Crippen LogP contribution in [0, 0.1) is 17.1 Å². The lowest BCUT2D eigenvalue weighted by atomic mass is 10.2. The topological polar surface area (TPSA) is 40.6 Å². The van der Waals surface area contributed by atoms with E-state index in [0.29, 0.717) is 0 Å². The molecule has 2 heterocycles. The van der Waals surface area contributed by atoms with Crippen molar-refractivity contribution in [2.75, 3.05) is 0 Å². The van der Waals surface area contributed by atoms with Gasteiger partial charge in [-0.05, 0) is 6.07 Å². The lowest BCUT2D eigenvalue weighted by molar-refractivity contribution is -0.702. The summed E-state index contributed by atoms with van der Waals surface area (Å²) in [5.41, 5.74) is 0.0631. The Kier molecular flexibility index (Phi) is 3.31. The molecule has 0 aliphatic heterocycles. The molecule has 0 saturated carbocycles. The molecule has 0 aliphatic carbocycles. The summed E-state index contributed by atoms with van der Waals surface area (Å²) in [6, 6.07) is 7.71. The predicted molar refractivity (Wildman–Crippen MR) is 59.6 cm³/mol. The average molecular weight is 249 g/mol. The summed E-state index contributed by atoms with van der Waals surface area (Å²) >= 11 is 5.62. The summed E-state index contributed by atoms with van der Waals surface area (Å²) in [6.45, 7) is 0. The summed E-state index contributed by atoms with van der Waals surface area (Å²) in [6.07, 6.45) is 4.70. The van der Waals surface area contributed by atoms with Gasteiger partial charge in [0.05, 0.1) is 5.02 Å². The van der Waals surface area contributed by atoms with Crippen molar-refractivity contribution in [3.63, 3.8) is 0 Å². The second kappa shape index (κ2) is 4.89. The van der Waals surface area contributed by atoms with Crippen LogP contribution in [0.2, 0.25) is 5.02 Å². The van der Waals surface area contributed by atoms with Gasteiger partial charge in [0, 0.05) is 18.3 Å². The van der Waals surface area contributed by atoms with Crippen molar-refractivity contribution in [2.24, 2.45) is 0 Å². The van der Waals surface area contributed by atoms with Crippen LogP contribution in [0.4, 0.5) is 4.39 Å². The van der Waals surface area contributed by atoms with Crippen LogP contribution in [0.3, 0.4) is 0 Å². The van der Waals surface area contributed by atoms with Crippen LogP contribution in [0.15, 0.2) is 42.9 Å². The number of rotatable bonds is 2. The van der Waals surface area contributed by atoms with E-state index < -0.39 is 11.9 Å². The Balaban J connectivity index is 2.47. The molecule has 0 aromatic carbocycles. The standard InChI is InChI=1S/C12H8ClFN3/c13-9-6-10(14)12(16-8-9)11(7-15)17-4-2-1-3-5-17/h1-6,8,11H/q+1. The van der Waals surface area contributed by atoms with Gasteiger partial charge >= 0.3 is 0 Å². The Morgan fingerprint density at radius 3 is 2.65 bits per heavy atom. The van der Waals surface area contributed by atoms with Gasteiger partial charge in [-0.15, -0.1) is 0 Å². The highest BCUT2D eigenvalue weighted by molar-refractivity contribution is 6.30. The molecule has 0 aliphatic rings. The number of pyridine rings is 2. The number of nitriles is 1. The Morgan fingerprint density at radius 2 is 2.06 bits per heavy atom. The maximum Gasteiger partial charge on any atom is 0.288 e. The first-order chi connectivity index (χ1) is 8.22. The Morgan fingerprint density at radius 1 is 1.35 bits per heavy atom. The molecular weight excluding hydrogens is 241 g/mol. The monoisotopic (exact) mass is 248 g/mol. The van der Waals surface area contributed by atoms with Gasteiger partial charge in [0.25, 0.3) is 6.04 Å². The lowest BCUT2D eigenvalue weighted by Gasteiger charge is -2.05. The molecule has 1 unspecified atom stereocenters. The van der Waals surface area contributed by atoms with Crippen molar-refractivity contribution in [2.45, 2.75) is 6.04 Å². The number of halogens is 2. The second-order valence-corrected chi connectivity index (χ2v) is 3.81. The third-order valence-corrected chi connectivity index (χ3v) is 2.46. The third kappa shape index (κ3) is 2.40. The first kappa shape index (κ1) is 11.5. The van der Waals surface area contributed by atoms with E-state index in [2.05, 4.69) is 4.98 Å². The van der Waals surface area contributed by atoms with Gasteiger partial charge in [0.1, 0.15) is 6.07 Å². The summed E-state index contributed by atoms with van der Waals surface area (Å²) in [5.74, 6) is -0.583. The fourth-order valence-corrected chi connectivity index (χ4v) is 1.62. The Hall–Kier alpha value is -1.99. The minimum Gasteiger partial charge on any atom is -0.248 e. The van der Waals surface area contributed by atoms with Gasteiger partial charge in [-0.1, -0.05) is 17.7 Å². The van der Waals surface area contributed by atoms with E-state index >= 15 is 0 Å². The molecule has 84 valence electrons. The predicted octanol–water partition coefficient (Wildman–Crippen LogP) is 2.27. The van der Waals surface area contributed by atoms with E-state index in [1.807, 2.05) is 12.1 Å². The van der Waals surface area contributed by atoms with Gasteiger partial charge in [-0.3, -0.25) is 0 Å². The zero-order chi connectivity index (χ0) is 12.3. The average Bonchev–Trinajstić information content (AvgIpc) is 2.34. The zero-order valence-electron chi connectivity index (χ0n) is 8.72. The summed E-state index contributed by atoms with van der Waals surface area (Å²) in [4.78, 5) is 3.88. The lowest BCUT2D eigenvalue weighted by Crippen LogP contribution is -2.39. The van der Waals surface area contributed by atoms with Crippen LogP contribution < -0.4 is 4.57 Å². The van der Waals surface area contributed by atoms with Crippen LogP contribution >= 0.6 is 11.6 Å². The Labute approximate surface area is 103 Å². The van der Waals surface area contributed by atoms with E-state index in [-0.39, 0.29) is 10.7 Å². The van der Waals surface area contributed by atoms with Gasteiger partial charge in [-0.25, -0.2) is 9.37 Å². The summed E-state index contributed by atoms with van der Waals surface area (Å²) in [5, 5.41) is 9.33. The molecule has 17 heavy (non-hydrogen) atoms. The molecule has 0 spiro atoms. The molecule has 0 radical (unpaired) electrons. The molecule has 0 saturated heterocycles. The van der Waals surface area contributed by atoms with E-state index in [1.165, 1.54) is 6.20 Å². The van der Waals surface area contributed by atoms with Crippen molar-refractivity contribution in [3.05, 3.63) is 59.4 Å². The van der Waals surface area contributed by atoms with Crippen LogP contribution in [-0.4, -0.2) is 4.98 Å². The number of hydrogen-bond donors (Lipinski definition) is 0. The van der Waals surface area contributed by atoms with Crippen LogP contribution in [-0.2, 0) is 0 Å². The molecule has 5 heteroatoms. The van der Waals surface area contributed by atoms with Crippen molar-refractivity contribution >= 4 is 11.6 Å². The van der Waals surface area contributed by atoms with Crippen molar-refractivity contribution in [1.29, 1.82) is 5.26 Å². The van der Waals surface area contributed by atoms with Crippen LogP contribution in [0.1, 0.15) is 11.7 Å². The van der Waals surface area contributed by atoms with Gasteiger partial charge in [0.2, 0.25) is 0 Å². The second-order valence-electron chi connectivity index (χ2n) is 3.37. The minimum absolute atomic E-state index is 0.0631. The molecule has 0 bridgehead atoms. The molecule has 0 fully saturated rings. The summed E-state index contributed by atoms with van der Waals surface area (Å²) < 4.78 is 15.2. The van der Waals surface area contributed by atoms with Crippen molar-refractivity contribution < 1.29 is 8.96 Å². The van der Waals surface area contributed by atoms with E-state index in [4.69, 9.17) is 16.9 Å². The van der Waals surface area contributed by atoms with Gasteiger partial charge < -0.3 is 0 Å². The normalized spacial score (nSPS) is 11.8. The number of nitrogens with zero attached hydrogens (tertiary/aromatic N) is 3. The van der Waals surface area contributed by atoms with Crippen LogP contribution in [0.5, 0.6) is 0 Å². The van der Waals surface area contributed by atoms with Gasteiger partial charge in [0.15, 0.2) is 23.9 Å². The van der Waals surface area contributed by atoms with E-state index in [9.17, 15) is 4.39 Å². The molecule has 2 aromatic heterocycles. The first-order valence-corrected chi connectivity index (χ1v) is 5.26. The highest BCUT2D eigenvalue weighted by Crippen LogP contribution is 2.17. The largest absolute Gasteiger partial charge is 0.288 e. The number of aromatic nitrogens is 2. The molecule has 3 nitrogen and oxygen atoms in total. The molecule has 0 amide bonds. The fraction of sp³-hybridized carbons (Fsp3) is 0.0833. The Bertz CT molecular complexity index is 566. The zero-order valence-corrected chi connectivity index (χ0v) is 9.47. The quantitative estimate of drug-likeness (QED) is 0.765. The SMILES string of the molecule is N#CC(c1ncc(Cl)cc1F)[n+]1ccccc1. The van der Waals surface area contributed by atoms with E-state index in [0.717, 1.165) is 6.07 Å². The fourth-order valence-electron chi connectivity index (χ4n) is 1.48. The molecule has 0 N–H and O–H groups in total. The molecule has 1 atom stereocenters. The molecule has 2 rings (SSSR count). The molecule has 2 aromatic rings. The smallest absolute Gasteiger partial charge is 0.248 e. The van der Waals surface area contributed by atoms with Crippen molar-refractivity contribution in [1.82, 2.24) is 4.98 Å². The third-order valence-electron chi connectivity index (χ3n) is 2.25. The maximum absolute atomic E-state index is 13.7. The maximum atomic E-state index is 13.7. The van der Waals surface area contributed by atoms with Crippen LogP contribution in [0.25, 0.3) is 0 Å². The molecular formula is C12H8ClFN3+. The van der Waals surface area contributed by atoms with Crippen molar-refractivity contribution in [3.8, 4) is 6.07 Å². The highest BCUT2D eigenvalue weighted by Gasteiger charge is 2.25. The minimum atomic E-state index is -0.798. The first-order valence-electron chi connectivity index (χ1n) is 4.88. The van der Waals surface area contributed by atoms with E-state index in [1.54, 1.807) is 29.1 Å². The number of hydrogen-bond acceptors (Lipinski definition) is 2. The van der Waals surface area contributed by atoms with Gasteiger partial charge in [-0.2, -0.15) is 9.83 Å². The summed E-state index contributed by atoms with van der Waals surface area (Å²) in [7, 11) is 0.